The molecule has 1 fully saturated rings. The predicted molar refractivity (Wildman–Crippen MR) is 67.6 cm³/mol. The Kier molecular flexibility index (Phi) is 4.63. The van der Waals surface area contributed by atoms with Crippen molar-refractivity contribution in [3.05, 3.63) is 23.5 Å². The SMILES string of the molecule is Cc1ccc(OCC2CCCCO2)c(CCl)n1. The summed E-state index contributed by atoms with van der Waals surface area (Å²) in [5, 5.41) is 0. The number of hydrogen-bond acceptors (Lipinski definition) is 3. The number of pyridine rings is 1. The van der Waals surface area contributed by atoms with E-state index in [0.717, 1.165) is 36.6 Å². The van der Waals surface area contributed by atoms with E-state index in [9.17, 15) is 0 Å². The van der Waals surface area contributed by atoms with Crippen molar-refractivity contribution in [2.45, 2.75) is 38.2 Å². The van der Waals surface area contributed by atoms with Gasteiger partial charge in [0.25, 0.3) is 0 Å². The fourth-order valence-electron chi connectivity index (χ4n) is 1.95. The number of ether oxygens (including phenoxy) is 2. The van der Waals surface area contributed by atoms with E-state index in [1.807, 2.05) is 19.1 Å². The van der Waals surface area contributed by atoms with Crippen molar-refractivity contribution < 1.29 is 9.47 Å². The summed E-state index contributed by atoms with van der Waals surface area (Å²) in [5.41, 5.74) is 1.77. The van der Waals surface area contributed by atoms with Crippen molar-refractivity contribution in [3.8, 4) is 5.75 Å². The van der Waals surface area contributed by atoms with Gasteiger partial charge in [-0.15, -0.1) is 11.6 Å². The molecule has 94 valence electrons. The third-order valence-electron chi connectivity index (χ3n) is 2.90. The molecule has 1 saturated heterocycles. The molecule has 4 heteroatoms. The van der Waals surface area contributed by atoms with Crippen molar-refractivity contribution in [2.24, 2.45) is 0 Å². The minimum atomic E-state index is 0.216. The molecule has 0 bridgehead atoms. The molecule has 0 spiro atoms. The van der Waals surface area contributed by atoms with Gasteiger partial charge >= 0.3 is 0 Å². The molecule has 17 heavy (non-hydrogen) atoms. The van der Waals surface area contributed by atoms with Crippen LogP contribution in [0.1, 0.15) is 30.7 Å². The van der Waals surface area contributed by atoms with Crippen molar-refractivity contribution >= 4 is 11.6 Å². The Bertz CT molecular complexity index is 364. The first-order valence-corrected chi connectivity index (χ1v) is 6.60. The number of halogens is 1. The number of aryl methyl sites for hydroxylation is 1. The topological polar surface area (TPSA) is 31.4 Å². The standard InChI is InChI=1S/C13H18ClNO2/c1-10-5-6-13(12(8-14)15-10)17-9-11-4-2-3-7-16-11/h5-6,11H,2-4,7-9H2,1H3. The highest BCUT2D eigenvalue weighted by atomic mass is 35.5. The van der Waals surface area contributed by atoms with Crippen LogP contribution in [-0.4, -0.2) is 24.3 Å². The Morgan fingerprint density at radius 3 is 3.06 bits per heavy atom. The average Bonchev–Trinajstić information content (AvgIpc) is 2.38. The average molecular weight is 256 g/mol. The van der Waals surface area contributed by atoms with Crippen LogP contribution in [0.3, 0.4) is 0 Å². The lowest BCUT2D eigenvalue weighted by atomic mass is 10.1. The molecule has 1 atom stereocenters. The third-order valence-corrected chi connectivity index (χ3v) is 3.15. The van der Waals surface area contributed by atoms with E-state index in [1.54, 1.807) is 0 Å². The van der Waals surface area contributed by atoms with Crippen LogP contribution >= 0.6 is 11.6 Å². The van der Waals surface area contributed by atoms with E-state index in [-0.39, 0.29) is 6.10 Å². The van der Waals surface area contributed by atoms with Crippen molar-refractivity contribution in [1.82, 2.24) is 4.98 Å². The zero-order valence-electron chi connectivity index (χ0n) is 10.1. The summed E-state index contributed by atoms with van der Waals surface area (Å²) in [6, 6.07) is 3.87. The summed E-state index contributed by atoms with van der Waals surface area (Å²) >= 11 is 5.85. The first-order valence-electron chi connectivity index (χ1n) is 6.06. The monoisotopic (exact) mass is 255 g/mol. The second kappa shape index (κ2) is 6.22. The highest BCUT2D eigenvalue weighted by molar-refractivity contribution is 6.17. The van der Waals surface area contributed by atoms with Crippen molar-refractivity contribution in [1.29, 1.82) is 0 Å². The van der Waals surface area contributed by atoms with E-state index in [4.69, 9.17) is 21.1 Å². The van der Waals surface area contributed by atoms with Crippen LogP contribution in [0, 0.1) is 6.92 Å². The van der Waals surface area contributed by atoms with Gasteiger partial charge < -0.3 is 9.47 Å². The Labute approximate surface area is 107 Å². The predicted octanol–water partition coefficient (Wildman–Crippen LogP) is 3.08. The van der Waals surface area contributed by atoms with Gasteiger partial charge in [0.15, 0.2) is 0 Å². The third kappa shape index (κ3) is 3.58. The number of rotatable bonds is 4. The van der Waals surface area contributed by atoms with E-state index in [1.165, 1.54) is 6.42 Å². The molecular weight excluding hydrogens is 238 g/mol. The minimum Gasteiger partial charge on any atom is -0.489 e. The molecule has 0 radical (unpaired) electrons. The Hall–Kier alpha value is -0.800. The molecular formula is C13H18ClNO2. The van der Waals surface area contributed by atoms with E-state index in [2.05, 4.69) is 4.98 Å². The Morgan fingerprint density at radius 1 is 1.47 bits per heavy atom. The summed E-state index contributed by atoms with van der Waals surface area (Å²) in [4.78, 5) is 4.36. The second-order valence-electron chi connectivity index (χ2n) is 4.33. The molecule has 0 N–H and O–H groups in total. The number of nitrogens with zero attached hydrogens (tertiary/aromatic N) is 1. The fraction of sp³-hybridized carbons (Fsp3) is 0.615. The van der Waals surface area contributed by atoms with Crippen LogP contribution in [0.25, 0.3) is 0 Å². The van der Waals surface area contributed by atoms with Crippen LogP contribution in [0.15, 0.2) is 12.1 Å². The zero-order chi connectivity index (χ0) is 12.1. The molecule has 1 aliphatic heterocycles. The van der Waals surface area contributed by atoms with Gasteiger partial charge in [-0.05, 0) is 38.3 Å². The molecule has 1 unspecified atom stereocenters. The van der Waals surface area contributed by atoms with Crippen molar-refractivity contribution in [2.75, 3.05) is 13.2 Å². The van der Waals surface area contributed by atoms with E-state index >= 15 is 0 Å². The normalized spacial score (nSPS) is 20.2. The molecule has 0 aliphatic carbocycles. The Balaban J connectivity index is 1.93. The quantitative estimate of drug-likeness (QED) is 0.775. The van der Waals surface area contributed by atoms with Gasteiger partial charge in [0, 0.05) is 12.3 Å². The van der Waals surface area contributed by atoms with Gasteiger partial charge in [-0.2, -0.15) is 0 Å². The van der Waals surface area contributed by atoms with Gasteiger partial charge in [0.1, 0.15) is 12.4 Å². The maximum Gasteiger partial charge on any atom is 0.142 e. The molecule has 0 amide bonds. The Morgan fingerprint density at radius 2 is 2.35 bits per heavy atom. The van der Waals surface area contributed by atoms with Gasteiger partial charge in [-0.3, -0.25) is 4.98 Å². The van der Waals surface area contributed by atoms with E-state index in [0.29, 0.717) is 12.5 Å². The lowest BCUT2D eigenvalue weighted by molar-refractivity contribution is -0.0112. The summed E-state index contributed by atoms with van der Waals surface area (Å²) in [6.45, 7) is 3.39. The molecule has 1 aromatic heterocycles. The maximum absolute atomic E-state index is 5.85. The number of hydrogen-bond donors (Lipinski definition) is 0. The first-order chi connectivity index (χ1) is 8.29. The van der Waals surface area contributed by atoms with Crippen molar-refractivity contribution in [3.63, 3.8) is 0 Å². The summed E-state index contributed by atoms with van der Waals surface area (Å²) in [7, 11) is 0. The summed E-state index contributed by atoms with van der Waals surface area (Å²) in [6.07, 6.45) is 3.68. The second-order valence-corrected chi connectivity index (χ2v) is 4.60. The molecule has 3 nitrogen and oxygen atoms in total. The molecule has 0 saturated carbocycles. The lowest BCUT2D eigenvalue weighted by Gasteiger charge is -2.23. The van der Waals surface area contributed by atoms with E-state index < -0.39 is 0 Å². The summed E-state index contributed by atoms with van der Waals surface area (Å²) < 4.78 is 11.4. The van der Waals surface area contributed by atoms with Crippen LogP contribution in [-0.2, 0) is 10.6 Å². The largest absolute Gasteiger partial charge is 0.489 e. The lowest BCUT2D eigenvalue weighted by Crippen LogP contribution is -2.26. The van der Waals surface area contributed by atoms with Crippen LogP contribution in [0.4, 0.5) is 0 Å². The summed E-state index contributed by atoms with van der Waals surface area (Å²) in [5.74, 6) is 1.16. The van der Waals surface area contributed by atoms with Crippen LogP contribution in [0.5, 0.6) is 5.75 Å². The van der Waals surface area contributed by atoms with Crippen LogP contribution < -0.4 is 4.74 Å². The molecule has 1 aliphatic rings. The molecule has 0 aromatic carbocycles. The molecule has 1 aromatic rings. The van der Waals surface area contributed by atoms with Gasteiger partial charge in [0.2, 0.25) is 0 Å². The minimum absolute atomic E-state index is 0.216. The zero-order valence-corrected chi connectivity index (χ0v) is 10.9. The first kappa shape index (κ1) is 12.7. The van der Waals surface area contributed by atoms with Gasteiger partial charge in [-0.25, -0.2) is 0 Å². The highest BCUT2D eigenvalue weighted by Gasteiger charge is 2.15. The number of alkyl halides is 1. The molecule has 2 heterocycles. The van der Waals surface area contributed by atoms with Crippen LogP contribution in [0.2, 0.25) is 0 Å². The smallest absolute Gasteiger partial charge is 0.142 e. The van der Waals surface area contributed by atoms with Gasteiger partial charge in [-0.1, -0.05) is 0 Å². The van der Waals surface area contributed by atoms with Gasteiger partial charge in [0.05, 0.1) is 17.7 Å². The highest BCUT2D eigenvalue weighted by Crippen LogP contribution is 2.20. The molecule has 2 rings (SSSR count). The maximum atomic E-state index is 5.85. The fourth-order valence-corrected chi connectivity index (χ4v) is 2.14. The number of aromatic nitrogens is 1.